The molecule has 0 fully saturated rings. The molecule has 2 rings (SSSR count). The Morgan fingerprint density at radius 1 is 1.00 bits per heavy atom. The molecule has 0 aliphatic carbocycles. The van der Waals surface area contributed by atoms with Crippen molar-refractivity contribution in [2.24, 2.45) is 0 Å². The van der Waals surface area contributed by atoms with Crippen molar-refractivity contribution in [3.8, 4) is 5.75 Å². The molecule has 1 unspecified atom stereocenters. The van der Waals surface area contributed by atoms with Crippen LogP contribution in [0.4, 0.5) is 0 Å². The van der Waals surface area contributed by atoms with E-state index in [9.17, 15) is 0 Å². The number of ether oxygens (including phenoxy) is 1. The highest BCUT2D eigenvalue weighted by Crippen LogP contribution is 2.27. The Labute approximate surface area is 115 Å². The second-order valence-electron chi connectivity index (χ2n) is 4.86. The topological polar surface area (TPSA) is 21.3 Å². The largest absolute Gasteiger partial charge is 0.496 e. The third kappa shape index (κ3) is 2.96. The van der Waals surface area contributed by atoms with E-state index in [-0.39, 0.29) is 6.04 Å². The SMILES string of the molecule is CNC(c1cccc(C)c1)c1ccc(C)c(OC)c1. The van der Waals surface area contributed by atoms with Gasteiger partial charge in [-0.05, 0) is 43.7 Å². The quantitative estimate of drug-likeness (QED) is 0.901. The number of benzene rings is 2. The highest BCUT2D eigenvalue weighted by atomic mass is 16.5. The van der Waals surface area contributed by atoms with Crippen LogP contribution in [0.3, 0.4) is 0 Å². The van der Waals surface area contributed by atoms with Crippen LogP contribution in [-0.4, -0.2) is 14.2 Å². The summed E-state index contributed by atoms with van der Waals surface area (Å²) in [4.78, 5) is 0. The van der Waals surface area contributed by atoms with Crippen molar-refractivity contribution in [2.75, 3.05) is 14.2 Å². The molecule has 2 nitrogen and oxygen atoms in total. The molecular weight excluding hydrogens is 234 g/mol. The van der Waals surface area contributed by atoms with Crippen molar-refractivity contribution in [1.82, 2.24) is 5.32 Å². The predicted molar refractivity (Wildman–Crippen MR) is 79.8 cm³/mol. The van der Waals surface area contributed by atoms with E-state index in [0.29, 0.717) is 0 Å². The van der Waals surface area contributed by atoms with Crippen LogP contribution in [0.25, 0.3) is 0 Å². The summed E-state index contributed by atoms with van der Waals surface area (Å²) in [5, 5.41) is 3.38. The maximum atomic E-state index is 5.41. The first-order valence-corrected chi connectivity index (χ1v) is 6.54. The molecule has 0 bridgehead atoms. The highest BCUT2D eigenvalue weighted by molar-refractivity contribution is 5.41. The average molecular weight is 255 g/mol. The van der Waals surface area contributed by atoms with Gasteiger partial charge in [-0.2, -0.15) is 0 Å². The van der Waals surface area contributed by atoms with E-state index < -0.39 is 0 Å². The number of hydrogen-bond donors (Lipinski definition) is 1. The summed E-state index contributed by atoms with van der Waals surface area (Å²) in [6.45, 7) is 4.18. The van der Waals surface area contributed by atoms with Gasteiger partial charge < -0.3 is 10.1 Å². The van der Waals surface area contributed by atoms with Gasteiger partial charge in [0.05, 0.1) is 13.2 Å². The third-order valence-corrected chi connectivity index (χ3v) is 3.43. The Bertz CT molecular complexity index is 563. The Balaban J connectivity index is 2.42. The second-order valence-corrected chi connectivity index (χ2v) is 4.86. The van der Waals surface area contributed by atoms with E-state index >= 15 is 0 Å². The minimum Gasteiger partial charge on any atom is -0.496 e. The number of aryl methyl sites for hydroxylation is 2. The first kappa shape index (κ1) is 13.6. The first-order valence-electron chi connectivity index (χ1n) is 6.54. The van der Waals surface area contributed by atoms with Crippen LogP contribution in [0.5, 0.6) is 5.75 Å². The molecule has 0 saturated carbocycles. The molecular formula is C17H21NO. The monoisotopic (exact) mass is 255 g/mol. The van der Waals surface area contributed by atoms with Gasteiger partial charge in [0, 0.05) is 0 Å². The average Bonchev–Trinajstić information content (AvgIpc) is 2.41. The van der Waals surface area contributed by atoms with Gasteiger partial charge >= 0.3 is 0 Å². The maximum absolute atomic E-state index is 5.41. The molecule has 0 radical (unpaired) electrons. The molecule has 0 aromatic heterocycles. The minimum atomic E-state index is 0.189. The fourth-order valence-electron chi connectivity index (χ4n) is 2.39. The molecule has 2 heteroatoms. The second kappa shape index (κ2) is 5.89. The van der Waals surface area contributed by atoms with Crippen molar-refractivity contribution in [3.05, 3.63) is 64.7 Å². The zero-order chi connectivity index (χ0) is 13.8. The van der Waals surface area contributed by atoms with Gasteiger partial charge in [0.2, 0.25) is 0 Å². The zero-order valence-electron chi connectivity index (χ0n) is 12.0. The normalized spacial score (nSPS) is 12.2. The Hall–Kier alpha value is -1.80. The predicted octanol–water partition coefficient (Wildman–Crippen LogP) is 3.62. The Morgan fingerprint density at radius 3 is 2.37 bits per heavy atom. The molecule has 1 N–H and O–H groups in total. The molecule has 1 atom stereocenters. The smallest absolute Gasteiger partial charge is 0.122 e. The summed E-state index contributed by atoms with van der Waals surface area (Å²) in [5.74, 6) is 0.936. The molecule has 2 aromatic carbocycles. The van der Waals surface area contributed by atoms with Crippen LogP contribution >= 0.6 is 0 Å². The van der Waals surface area contributed by atoms with Gasteiger partial charge in [-0.1, -0.05) is 42.0 Å². The summed E-state index contributed by atoms with van der Waals surface area (Å²) < 4.78 is 5.41. The molecule has 2 aromatic rings. The fourth-order valence-corrected chi connectivity index (χ4v) is 2.39. The maximum Gasteiger partial charge on any atom is 0.122 e. The van der Waals surface area contributed by atoms with Crippen LogP contribution in [0.15, 0.2) is 42.5 Å². The van der Waals surface area contributed by atoms with E-state index in [2.05, 4.69) is 61.6 Å². The summed E-state index contributed by atoms with van der Waals surface area (Å²) in [5.41, 5.74) is 4.92. The first-order chi connectivity index (χ1) is 9.15. The van der Waals surface area contributed by atoms with E-state index in [4.69, 9.17) is 4.74 Å². The third-order valence-electron chi connectivity index (χ3n) is 3.43. The number of methoxy groups -OCH3 is 1. The zero-order valence-corrected chi connectivity index (χ0v) is 12.0. The van der Waals surface area contributed by atoms with Gasteiger partial charge in [-0.15, -0.1) is 0 Å². The van der Waals surface area contributed by atoms with Gasteiger partial charge in [0.1, 0.15) is 5.75 Å². The lowest BCUT2D eigenvalue weighted by molar-refractivity contribution is 0.410. The van der Waals surface area contributed by atoms with Gasteiger partial charge in [-0.3, -0.25) is 0 Å². The summed E-state index contributed by atoms with van der Waals surface area (Å²) >= 11 is 0. The van der Waals surface area contributed by atoms with Crippen LogP contribution in [0.2, 0.25) is 0 Å². The molecule has 0 amide bonds. The lowest BCUT2D eigenvalue weighted by atomic mass is 9.96. The number of hydrogen-bond acceptors (Lipinski definition) is 2. The fraction of sp³-hybridized carbons (Fsp3) is 0.294. The van der Waals surface area contributed by atoms with E-state index in [1.54, 1.807) is 7.11 Å². The number of rotatable bonds is 4. The van der Waals surface area contributed by atoms with Gasteiger partial charge in [0.25, 0.3) is 0 Å². The molecule has 0 aliphatic rings. The van der Waals surface area contributed by atoms with Crippen LogP contribution in [0, 0.1) is 13.8 Å². The molecule has 0 saturated heterocycles. The Morgan fingerprint density at radius 2 is 1.74 bits per heavy atom. The molecule has 19 heavy (non-hydrogen) atoms. The summed E-state index contributed by atoms with van der Waals surface area (Å²) in [6.07, 6.45) is 0. The van der Waals surface area contributed by atoms with Crippen molar-refractivity contribution >= 4 is 0 Å². The van der Waals surface area contributed by atoms with Crippen LogP contribution in [-0.2, 0) is 0 Å². The lowest BCUT2D eigenvalue weighted by Crippen LogP contribution is -2.17. The van der Waals surface area contributed by atoms with Crippen molar-refractivity contribution < 1.29 is 4.74 Å². The van der Waals surface area contributed by atoms with Crippen molar-refractivity contribution in [2.45, 2.75) is 19.9 Å². The number of nitrogens with one attached hydrogen (secondary N) is 1. The Kier molecular flexibility index (Phi) is 4.23. The molecule has 0 spiro atoms. The molecule has 100 valence electrons. The van der Waals surface area contributed by atoms with E-state index in [0.717, 1.165) is 11.3 Å². The lowest BCUT2D eigenvalue weighted by Gasteiger charge is -2.19. The van der Waals surface area contributed by atoms with Crippen molar-refractivity contribution in [3.63, 3.8) is 0 Å². The summed E-state index contributed by atoms with van der Waals surface area (Å²) in [6, 6.07) is 15.1. The van der Waals surface area contributed by atoms with Gasteiger partial charge in [-0.25, -0.2) is 0 Å². The van der Waals surface area contributed by atoms with Crippen molar-refractivity contribution in [1.29, 1.82) is 0 Å². The minimum absolute atomic E-state index is 0.189. The molecule has 0 heterocycles. The summed E-state index contributed by atoms with van der Waals surface area (Å²) in [7, 11) is 3.70. The standard InChI is InChI=1S/C17H21NO/c1-12-6-5-7-14(10-12)17(18-3)15-9-8-13(2)16(11-15)19-4/h5-11,17-18H,1-4H3. The van der Waals surface area contributed by atoms with E-state index in [1.165, 1.54) is 16.7 Å². The van der Waals surface area contributed by atoms with Gasteiger partial charge in [0.15, 0.2) is 0 Å². The van der Waals surface area contributed by atoms with Crippen LogP contribution in [0.1, 0.15) is 28.3 Å². The highest BCUT2D eigenvalue weighted by Gasteiger charge is 2.13. The molecule has 0 aliphatic heterocycles. The van der Waals surface area contributed by atoms with Crippen LogP contribution < -0.4 is 10.1 Å². The van der Waals surface area contributed by atoms with E-state index in [1.807, 2.05) is 7.05 Å².